The maximum Gasteiger partial charge on any atom is 0.336 e. The molecule has 1 saturated heterocycles. The van der Waals surface area contributed by atoms with Gasteiger partial charge in [0.25, 0.3) is 5.91 Å². The maximum atomic E-state index is 13.7. The van der Waals surface area contributed by atoms with Crippen LogP contribution < -0.4 is 11.6 Å². The number of carbonyl (C=O) groups is 4. The summed E-state index contributed by atoms with van der Waals surface area (Å²) < 4.78 is 10.9. The molecule has 1 heterocycles. The SMILES string of the molecule is CCCCCCCCCCCCC(=O)N1CCCCC1CN(N)C(=O)C(N)(CCCC(=O)OC(C)(C)C)C(=O)OC(C)(C)C. The third-order valence-corrected chi connectivity index (χ3v) is 7.88. The van der Waals surface area contributed by atoms with Crippen LogP contribution in [0.5, 0.6) is 0 Å². The van der Waals surface area contributed by atoms with Gasteiger partial charge < -0.3 is 20.1 Å². The number of hydrazine groups is 1. The number of hydrogen-bond donors (Lipinski definition) is 2. The molecule has 2 unspecified atom stereocenters. The van der Waals surface area contributed by atoms with E-state index in [0.717, 1.165) is 37.1 Å². The van der Waals surface area contributed by atoms with Crippen LogP contribution in [-0.4, -0.2) is 69.5 Å². The molecular formula is C34H64N4O6. The predicted octanol–water partition coefficient (Wildman–Crippen LogP) is 5.93. The van der Waals surface area contributed by atoms with Gasteiger partial charge >= 0.3 is 11.9 Å². The zero-order valence-corrected chi connectivity index (χ0v) is 29.0. The van der Waals surface area contributed by atoms with Crippen LogP contribution in [0, 0.1) is 0 Å². The largest absolute Gasteiger partial charge is 0.460 e. The first-order valence-corrected chi connectivity index (χ1v) is 17.1. The number of amides is 2. The minimum atomic E-state index is -2.08. The fraction of sp³-hybridized carbons (Fsp3) is 0.882. The van der Waals surface area contributed by atoms with Crippen LogP contribution in [0.2, 0.25) is 0 Å². The van der Waals surface area contributed by atoms with Crippen LogP contribution in [0.1, 0.15) is 158 Å². The van der Waals surface area contributed by atoms with Crippen molar-refractivity contribution in [3.05, 3.63) is 0 Å². The van der Waals surface area contributed by atoms with Crippen LogP contribution in [-0.2, 0) is 28.7 Å². The molecule has 0 spiro atoms. The van der Waals surface area contributed by atoms with E-state index in [9.17, 15) is 19.2 Å². The average Bonchev–Trinajstić information content (AvgIpc) is 2.91. The molecule has 1 aliphatic heterocycles. The standard InChI is InChI=1S/C34H64N4O6/c1-8-9-10-11-12-13-14-15-16-17-22-28(39)37-25-19-18-21-27(37)26-38(36)30(41)34(35,31(42)44-33(5,6)7)24-20-23-29(40)43-32(2,3)4/h27H,8-26,35-36H2,1-7H3. The Morgan fingerprint density at radius 2 is 1.32 bits per heavy atom. The van der Waals surface area contributed by atoms with Crippen molar-refractivity contribution in [3.63, 3.8) is 0 Å². The number of likely N-dealkylation sites (tertiary alicyclic amines) is 1. The second-order valence-electron chi connectivity index (χ2n) is 14.5. The van der Waals surface area contributed by atoms with E-state index in [4.69, 9.17) is 21.1 Å². The lowest BCUT2D eigenvalue weighted by atomic mass is 9.91. The summed E-state index contributed by atoms with van der Waals surface area (Å²) in [4.78, 5) is 54.2. The van der Waals surface area contributed by atoms with E-state index in [1.165, 1.54) is 44.9 Å². The van der Waals surface area contributed by atoms with Gasteiger partial charge in [-0.05, 0) is 80.1 Å². The van der Waals surface area contributed by atoms with E-state index in [2.05, 4.69) is 6.92 Å². The molecule has 0 aromatic carbocycles. The smallest absolute Gasteiger partial charge is 0.336 e. The first-order chi connectivity index (χ1) is 20.5. The van der Waals surface area contributed by atoms with Crippen LogP contribution >= 0.6 is 0 Å². The zero-order chi connectivity index (χ0) is 33.4. The van der Waals surface area contributed by atoms with Gasteiger partial charge in [-0.15, -0.1) is 0 Å². The summed E-state index contributed by atoms with van der Waals surface area (Å²) in [7, 11) is 0. The molecule has 1 aliphatic rings. The van der Waals surface area contributed by atoms with Crippen LogP contribution in [0.4, 0.5) is 0 Å². The fourth-order valence-electron chi connectivity index (χ4n) is 5.56. The molecule has 0 saturated carbocycles. The first kappa shape index (κ1) is 39.8. The first-order valence-electron chi connectivity index (χ1n) is 17.1. The van der Waals surface area contributed by atoms with Gasteiger partial charge in [0.15, 0.2) is 5.54 Å². The molecule has 2 amide bonds. The van der Waals surface area contributed by atoms with Gasteiger partial charge in [-0.1, -0.05) is 64.7 Å². The van der Waals surface area contributed by atoms with E-state index in [1.54, 1.807) is 41.5 Å². The molecule has 0 aromatic heterocycles. The summed E-state index contributed by atoms with van der Waals surface area (Å²) in [5.41, 5.74) is 2.86. The molecule has 4 N–H and O–H groups in total. The normalized spacial score (nSPS) is 17.1. The second kappa shape index (κ2) is 19.3. The predicted molar refractivity (Wildman–Crippen MR) is 174 cm³/mol. The van der Waals surface area contributed by atoms with Gasteiger partial charge in [0.1, 0.15) is 11.2 Å². The van der Waals surface area contributed by atoms with Gasteiger partial charge in [-0.2, -0.15) is 0 Å². The Bertz CT molecular complexity index is 897. The Balaban J connectivity index is 2.76. The van der Waals surface area contributed by atoms with E-state index >= 15 is 0 Å². The Kier molecular flexibility index (Phi) is 17.5. The molecule has 1 rings (SSSR count). The highest BCUT2D eigenvalue weighted by Gasteiger charge is 2.47. The van der Waals surface area contributed by atoms with Crippen LogP contribution in [0.15, 0.2) is 0 Å². The quantitative estimate of drug-likeness (QED) is 0.0449. The van der Waals surface area contributed by atoms with E-state index in [0.29, 0.717) is 19.4 Å². The number of ether oxygens (including phenoxy) is 2. The number of carbonyl (C=O) groups excluding carboxylic acids is 4. The highest BCUT2D eigenvalue weighted by atomic mass is 16.6. The zero-order valence-electron chi connectivity index (χ0n) is 29.0. The molecule has 0 aromatic rings. The minimum Gasteiger partial charge on any atom is -0.460 e. The summed E-state index contributed by atoms with van der Waals surface area (Å²) in [6, 6.07) is -0.252. The highest BCUT2D eigenvalue weighted by Crippen LogP contribution is 2.24. The molecule has 10 nitrogen and oxygen atoms in total. The molecule has 0 bridgehead atoms. The molecular weight excluding hydrogens is 560 g/mol. The molecule has 2 atom stereocenters. The lowest BCUT2D eigenvalue weighted by Gasteiger charge is -2.39. The Morgan fingerprint density at radius 1 is 0.773 bits per heavy atom. The summed E-state index contributed by atoms with van der Waals surface area (Å²) in [6.45, 7) is 13.3. The van der Waals surface area contributed by atoms with Gasteiger partial charge in [-0.3, -0.25) is 19.4 Å². The lowest BCUT2D eigenvalue weighted by molar-refractivity contribution is -0.169. The van der Waals surface area contributed by atoms with Crippen molar-refractivity contribution in [2.24, 2.45) is 11.6 Å². The number of piperidine rings is 1. The number of unbranched alkanes of at least 4 members (excludes halogenated alkanes) is 9. The van der Waals surface area contributed by atoms with Crippen molar-refractivity contribution in [1.82, 2.24) is 9.91 Å². The van der Waals surface area contributed by atoms with Crippen molar-refractivity contribution < 1.29 is 28.7 Å². The third kappa shape index (κ3) is 15.7. The van der Waals surface area contributed by atoms with Gasteiger partial charge in [-0.25, -0.2) is 10.6 Å². The molecule has 1 fully saturated rings. The van der Waals surface area contributed by atoms with Crippen molar-refractivity contribution in [3.8, 4) is 0 Å². The summed E-state index contributed by atoms with van der Waals surface area (Å²) in [5.74, 6) is 4.24. The number of rotatable bonds is 19. The van der Waals surface area contributed by atoms with Gasteiger partial charge in [0.2, 0.25) is 5.91 Å². The summed E-state index contributed by atoms with van der Waals surface area (Å²) in [5, 5.41) is 0.966. The van der Waals surface area contributed by atoms with E-state index in [1.807, 2.05) is 4.90 Å². The summed E-state index contributed by atoms with van der Waals surface area (Å²) >= 11 is 0. The van der Waals surface area contributed by atoms with E-state index < -0.39 is 34.6 Å². The maximum absolute atomic E-state index is 13.7. The average molecular weight is 625 g/mol. The fourth-order valence-corrected chi connectivity index (χ4v) is 5.56. The van der Waals surface area contributed by atoms with Crippen LogP contribution in [0.25, 0.3) is 0 Å². The van der Waals surface area contributed by atoms with Gasteiger partial charge in [0.05, 0.1) is 12.6 Å². The topological polar surface area (TPSA) is 145 Å². The van der Waals surface area contributed by atoms with Crippen LogP contribution in [0.3, 0.4) is 0 Å². The number of nitrogens with two attached hydrogens (primary N) is 2. The lowest BCUT2D eigenvalue weighted by Crippen LogP contribution is -2.65. The number of esters is 2. The molecule has 0 aliphatic carbocycles. The van der Waals surface area contributed by atoms with E-state index in [-0.39, 0.29) is 37.8 Å². The molecule has 44 heavy (non-hydrogen) atoms. The molecule has 0 radical (unpaired) electrons. The van der Waals surface area contributed by atoms with Crippen molar-refractivity contribution >= 4 is 23.8 Å². The molecule has 10 heteroatoms. The Hall–Kier alpha value is -2.20. The van der Waals surface area contributed by atoms with Crippen molar-refractivity contribution in [2.75, 3.05) is 13.1 Å². The monoisotopic (exact) mass is 624 g/mol. The number of hydrogen-bond acceptors (Lipinski definition) is 8. The number of nitrogens with zero attached hydrogens (tertiary/aromatic N) is 2. The Labute approximate surface area is 267 Å². The van der Waals surface area contributed by atoms with Crippen molar-refractivity contribution in [2.45, 2.75) is 180 Å². The third-order valence-electron chi connectivity index (χ3n) is 7.88. The summed E-state index contributed by atoms with van der Waals surface area (Å²) in [6.07, 6.45) is 15.1. The van der Waals surface area contributed by atoms with Gasteiger partial charge in [0, 0.05) is 19.4 Å². The highest BCUT2D eigenvalue weighted by molar-refractivity contribution is 6.07. The van der Waals surface area contributed by atoms with Crippen molar-refractivity contribution in [1.29, 1.82) is 0 Å². The molecule has 256 valence electrons. The Morgan fingerprint density at radius 3 is 1.86 bits per heavy atom. The second-order valence-corrected chi connectivity index (χ2v) is 14.5. The minimum absolute atomic E-state index is 0.0132.